The van der Waals surface area contributed by atoms with Crippen LogP contribution >= 0.6 is 0 Å². The van der Waals surface area contributed by atoms with Crippen molar-refractivity contribution in [2.45, 2.75) is 25.4 Å². The first-order chi connectivity index (χ1) is 8.83. The van der Waals surface area contributed by atoms with Crippen LogP contribution in [0.3, 0.4) is 0 Å². The van der Waals surface area contributed by atoms with Gasteiger partial charge in [-0.1, -0.05) is 36.4 Å². The van der Waals surface area contributed by atoms with Gasteiger partial charge in [-0.25, -0.2) is 0 Å². The number of anilines is 1. The number of benzene rings is 2. The van der Waals surface area contributed by atoms with Crippen LogP contribution in [-0.4, -0.2) is 0 Å². The molecule has 0 spiro atoms. The number of rotatable bonds is 4. The van der Waals surface area contributed by atoms with Crippen molar-refractivity contribution >= 4 is 5.69 Å². The second-order valence-electron chi connectivity index (χ2n) is 4.84. The van der Waals surface area contributed by atoms with Crippen LogP contribution in [0.25, 0.3) is 0 Å². The molecule has 1 fully saturated rings. The Morgan fingerprint density at radius 1 is 1.06 bits per heavy atom. The third-order valence-corrected chi connectivity index (χ3v) is 3.32. The predicted molar refractivity (Wildman–Crippen MR) is 73.6 cm³/mol. The molecule has 1 saturated carbocycles. The minimum Gasteiger partial charge on any atom is -0.489 e. The first-order valence-corrected chi connectivity index (χ1v) is 6.39. The first-order valence-electron chi connectivity index (χ1n) is 6.39. The number of nitrogens with two attached hydrogens (primary N) is 1. The molecule has 0 atom stereocenters. The Bertz CT molecular complexity index is 532. The van der Waals surface area contributed by atoms with Gasteiger partial charge in [0.1, 0.15) is 12.4 Å². The molecule has 2 aromatic carbocycles. The fourth-order valence-corrected chi connectivity index (χ4v) is 2.15. The molecule has 2 aromatic rings. The van der Waals surface area contributed by atoms with E-state index in [0.717, 1.165) is 11.4 Å². The van der Waals surface area contributed by atoms with Gasteiger partial charge in [0.25, 0.3) is 0 Å². The maximum atomic E-state index is 6.05. The summed E-state index contributed by atoms with van der Waals surface area (Å²) in [5.74, 6) is 1.54. The third kappa shape index (κ3) is 2.48. The molecule has 2 nitrogen and oxygen atoms in total. The van der Waals surface area contributed by atoms with Gasteiger partial charge >= 0.3 is 0 Å². The number of ether oxygens (including phenoxy) is 1. The van der Waals surface area contributed by atoms with E-state index in [0.29, 0.717) is 12.5 Å². The summed E-state index contributed by atoms with van der Waals surface area (Å²) in [6.07, 6.45) is 2.54. The van der Waals surface area contributed by atoms with Crippen LogP contribution in [0.2, 0.25) is 0 Å². The van der Waals surface area contributed by atoms with Crippen molar-refractivity contribution in [1.82, 2.24) is 0 Å². The van der Waals surface area contributed by atoms with Gasteiger partial charge in [-0.05, 0) is 36.0 Å². The molecular weight excluding hydrogens is 222 g/mol. The molecule has 0 saturated heterocycles. The molecule has 0 bridgehead atoms. The van der Waals surface area contributed by atoms with Crippen molar-refractivity contribution in [2.75, 3.05) is 5.73 Å². The van der Waals surface area contributed by atoms with E-state index in [4.69, 9.17) is 10.5 Å². The highest BCUT2D eigenvalue weighted by molar-refractivity contribution is 5.54. The lowest BCUT2D eigenvalue weighted by Crippen LogP contribution is -1.98. The van der Waals surface area contributed by atoms with E-state index in [1.807, 2.05) is 30.3 Å². The fourth-order valence-electron chi connectivity index (χ4n) is 2.15. The molecule has 3 rings (SSSR count). The van der Waals surface area contributed by atoms with Crippen LogP contribution in [-0.2, 0) is 6.61 Å². The minimum absolute atomic E-state index is 0.586. The van der Waals surface area contributed by atoms with Crippen molar-refractivity contribution < 1.29 is 4.74 Å². The van der Waals surface area contributed by atoms with Crippen LogP contribution in [0.4, 0.5) is 5.69 Å². The standard InChI is InChI=1S/C16H17NO/c17-16-10-14(8-9-15(16)13-6-7-13)18-11-12-4-2-1-3-5-12/h1-5,8-10,13H,6-7,11,17H2. The monoisotopic (exact) mass is 239 g/mol. The van der Waals surface area contributed by atoms with E-state index in [9.17, 15) is 0 Å². The van der Waals surface area contributed by atoms with E-state index in [1.165, 1.54) is 24.0 Å². The minimum atomic E-state index is 0.586. The maximum Gasteiger partial charge on any atom is 0.121 e. The number of hydrogen-bond acceptors (Lipinski definition) is 2. The Kier molecular flexibility index (Phi) is 2.93. The van der Waals surface area contributed by atoms with Gasteiger partial charge in [-0.3, -0.25) is 0 Å². The molecule has 0 unspecified atom stereocenters. The van der Waals surface area contributed by atoms with E-state index in [1.54, 1.807) is 0 Å². The normalized spacial score (nSPS) is 14.4. The molecule has 2 heteroatoms. The van der Waals surface area contributed by atoms with Gasteiger partial charge in [-0.15, -0.1) is 0 Å². The highest BCUT2D eigenvalue weighted by Crippen LogP contribution is 2.43. The van der Waals surface area contributed by atoms with E-state index in [2.05, 4.69) is 18.2 Å². The molecule has 2 N–H and O–H groups in total. The summed E-state index contributed by atoms with van der Waals surface area (Å²) in [5.41, 5.74) is 9.36. The van der Waals surface area contributed by atoms with Gasteiger partial charge < -0.3 is 10.5 Å². The lowest BCUT2D eigenvalue weighted by atomic mass is 10.1. The Morgan fingerprint density at radius 2 is 1.83 bits per heavy atom. The average Bonchev–Trinajstić information content (AvgIpc) is 3.22. The highest BCUT2D eigenvalue weighted by atomic mass is 16.5. The van der Waals surface area contributed by atoms with Gasteiger partial charge in [0.05, 0.1) is 0 Å². The van der Waals surface area contributed by atoms with Crippen molar-refractivity contribution in [3.8, 4) is 5.75 Å². The molecular formula is C16H17NO. The average molecular weight is 239 g/mol. The van der Waals surface area contributed by atoms with Crippen LogP contribution in [0.5, 0.6) is 5.75 Å². The molecule has 92 valence electrons. The Morgan fingerprint density at radius 3 is 2.50 bits per heavy atom. The second kappa shape index (κ2) is 4.73. The molecule has 1 aliphatic carbocycles. The topological polar surface area (TPSA) is 35.2 Å². The van der Waals surface area contributed by atoms with E-state index in [-0.39, 0.29) is 0 Å². The largest absolute Gasteiger partial charge is 0.489 e. The van der Waals surface area contributed by atoms with E-state index >= 15 is 0 Å². The van der Waals surface area contributed by atoms with Crippen molar-refractivity contribution in [3.63, 3.8) is 0 Å². The SMILES string of the molecule is Nc1cc(OCc2ccccc2)ccc1C1CC1. The Balaban J connectivity index is 1.68. The number of hydrogen-bond donors (Lipinski definition) is 1. The Hall–Kier alpha value is -1.96. The second-order valence-corrected chi connectivity index (χ2v) is 4.84. The summed E-state index contributed by atoms with van der Waals surface area (Å²) in [5, 5.41) is 0. The van der Waals surface area contributed by atoms with Crippen molar-refractivity contribution in [3.05, 3.63) is 59.7 Å². The van der Waals surface area contributed by atoms with Crippen molar-refractivity contribution in [1.29, 1.82) is 0 Å². The first kappa shape index (κ1) is 11.1. The molecule has 1 aliphatic rings. The van der Waals surface area contributed by atoms with E-state index < -0.39 is 0 Å². The van der Waals surface area contributed by atoms with Crippen LogP contribution in [0.1, 0.15) is 29.9 Å². The van der Waals surface area contributed by atoms with Gasteiger partial charge in [0.15, 0.2) is 0 Å². The molecule has 0 aromatic heterocycles. The predicted octanol–water partition coefficient (Wildman–Crippen LogP) is 3.73. The Labute approximate surface area is 107 Å². The summed E-state index contributed by atoms with van der Waals surface area (Å²) in [6.45, 7) is 0.586. The summed E-state index contributed by atoms with van der Waals surface area (Å²) >= 11 is 0. The highest BCUT2D eigenvalue weighted by Gasteiger charge is 2.25. The lowest BCUT2D eigenvalue weighted by molar-refractivity contribution is 0.306. The molecule has 0 heterocycles. The summed E-state index contributed by atoms with van der Waals surface area (Å²) in [4.78, 5) is 0. The zero-order chi connectivity index (χ0) is 12.4. The molecule has 18 heavy (non-hydrogen) atoms. The van der Waals surface area contributed by atoms with Gasteiger partial charge in [0.2, 0.25) is 0 Å². The quantitative estimate of drug-likeness (QED) is 0.825. The lowest BCUT2D eigenvalue weighted by Gasteiger charge is -2.09. The summed E-state index contributed by atoms with van der Waals surface area (Å²) in [7, 11) is 0. The zero-order valence-corrected chi connectivity index (χ0v) is 10.3. The van der Waals surface area contributed by atoms with Crippen LogP contribution < -0.4 is 10.5 Å². The number of nitrogen functional groups attached to an aromatic ring is 1. The maximum absolute atomic E-state index is 6.05. The molecule has 0 radical (unpaired) electrons. The van der Waals surface area contributed by atoms with Gasteiger partial charge in [-0.2, -0.15) is 0 Å². The zero-order valence-electron chi connectivity index (χ0n) is 10.3. The third-order valence-electron chi connectivity index (χ3n) is 3.32. The summed E-state index contributed by atoms with van der Waals surface area (Å²) in [6, 6.07) is 16.2. The summed E-state index contributed by atoms with van der Waals surface area (Å²) < 4.78 is 5.75. The van der Waals surface area contributed by atoms with Crippen LogP contribution in [0, 0.1) is 0 Å². The molecule has 0 amide bonds. The smallest absolute Gasteiger partial charge is 0.121 e. The van der Waals surface area contributed by atoms with Crippen LogP contribution in [0.15, 0.2) is 48.5 Å². The molecule has 0 aliphatic heterocycles. The fraction of sp³-hybridized carbons (Fsp3) is 0.250. The van der Waals surface area contributed by atoms with Gasteiger partial charge in [0, 0.05) is 11.8 Å². The van der Waals surface area contributed by atoms with Crippen molar-refractivity contribution in [2.24, 2.45) is 0 Å².